The first-order valence-corrected chi connectivity index (χ1v) is 10.5. The lowest BCUT2D eigenvalue weighted by Crippen LogP contribution is -3.12. The Bertz CT molecular complexity index is 1240. The molecule has 196 valence electrons. The van der Waals surface area contributed by atoms with Crippen molar-refractivity contribution in [1.29, 1.82) is 0 Å². The van der Waals surface area contributed by atoms with E-state index in [9.17, 15) is 32.7 Å². The molecule has 0 spiro atoms. The standard InChI is InChI=1S/C18H21N5O6.C2HF3O2/c1-20-3-5-21(6-4-20)11-9-12(22-7-8-29-18(22)27)15-19-13(17(26)28-2)14(24)16(25)23(15)10-11;3-2(4,5)1(6)7/h9-10,24H,3-8H2,1-2H3;(H,6,7). The van der Waals surface area contributed by atoms with Gasteiger partial charge in [0.1, 0.15) is 12.6 Å². The highest BCUT2D eigenvalue weighted by Crippen LogP contribution is 2.29. The molecule has 0 bridgehead atoms. The van der Waals surface area contributed by atoms with Gasteiger partial charge in [0.2, 0.25) is 5.75 Å². The first-order chi connectivity index (χ1) is 16.8. The van der Waals surface area contributed by atoms with Crippen molar-refractivity contribution in [3.05, 3.63) is 28.3 Å². The molecule has 16 heteroatoms. The SMILES string of the molecule is COC(=O)c1nc2c(N3CCOC3=O)cc(N3CC[NH+](C)CC3)cn2c(=O)c1O.O=C([O-])C(F)(F)F. The van der Waals surface area contributed by atoms with Crippen LogP contribution < -0.4 is 25.4 Å². The summed E-state index contributed by atoms with van der Waals surface area (Å²) in [5, 5.41) is 19.0. The van der Waals surface area contributed by atoms with Gasteiger partial charge in [-0.05, 0) is 6.07 Å². The van der Waals surface area contributed by atoms with Crippen molar-refractivity contribution in [2.75, 3.05) is 63.3 Å². The summed E-state index contributed by atoms with van der Waals surface area (Å²) in [5.74, 6) is -4.75. The Kier molecular flexibility index (Phi) is 7.57. The fourth-order valence-corrected chi connectivity index (χ4v) is 3.57. The van der Waals surface area contributed by atoms with Crippen LogP contribution in [0.15, 0.2) is 17.1 Å². The minimum Gasteiger partial charge on any atom is -0.542 e. The van der Waals surface area contributed by atoms with Gasteiger partial charge in [-0.1, -0.05) is 0 Å². The monoisotopic (exact) mass is 517 g/mol. The summed E-state index contributed by atoms with van der Waals surface area (Å²) in [7, 11) is 3.24. The third-order valence-electron chi connectivity index (χ3n) is 5.51. The number of anilines is 2. The molecule has 2 N–H and O–H groups in total. The van der Waals surface area contributed by atoms with Gasteiger partial charge in [-0.25, -0.2) is 14.6 Å². The zero-order valence-electron chi connectivity index (χ0n) is 19.1. The van der Waals surface area contributed by atoms with E-state index in [1.807, 2.05) is 0 Å². The average molecular weight is 517 g/mol. The Morgan fingerprint density at radius 1 is 1.22 bits per heavy atom. The Morgan fingerprint density at radius 2 is 1.83 bits per heavy atom. The smallest absolute Gasteiger partial charge is 0.430 e. The number of rotatable bonds is 3. The van der Waals surface area contributed by atoms with Crippen molar-refractivity contribution in [2.45, 2.75) is 6.18 Å². The van der Waals surface area contributed by atoms with Crippen molar-refractivity contribution in [3.8, 4) is 5.75 Å². The lowest BCUT2D eigenvalue weighted by atomic mass is 10.2. The number of pyridine rings is 1. The van der Waals surface area contributed by atoms with Crippen LogP contribution in [0.4, 0.5) is 29.3 Å². The second kappa shape index (κ2) is 10.3. The number of nitrogens with zero attached hydrogens (tertiary/aromatic N) is 4. The fourth-order valence-electron chi connectivity index (χ4n) is 3.57. The van der Waals surface area contributed by atoms with Crippen molar-refractivity contribution >= 4 is 35.1 Å². The number of carbonyl (C=O) groups is 3. The van der Waals surface area contributed by atoms with E-state index in [2.05, 4.69) is 21.7 Å². The highest BCUT2D eigenvalue weighted by atomic mass is 19.4. The van der Waals surface area contributed by atoms with E-state index in [-0.39, 0.29) is 18.8 Å². The maximum atomic E-state index is 12.8. The van der Waals surface area contributed by atoms with Gasteiger partial charge in [-0.15, -0.1) is 0 Å². The van der Waals surface area contributed by atoms with Crippen LogP contribution in [-0.4, -0.2) is 92.2 Å². The molecule has 4 rings (SSSR count). The largest absolute Gasteiger partial charge is 0.542 e. The summed E-state index contributed by atoms with van der Waals surface area (Å²) in [6.45, 7) is 3.90. The molecular formula is C20H22F3N5O8. The van der Waals surface area contributed by atoms with Gasteiger partial charge in [-0.2, -0.15) is 13.2 Å². The first kappa shape index (κ1) is 26.5. The molecule has 0 aromatic carbocycles. The number of aliphatic carboxylic acids is 1. The van der Waals surface area contributed by atoms with Crippen LogP contribution in [0.2, 0.25) is 0 Å². The van der Waals surface area contributed by atoms with E-state index < -0.39 is 41.2 Å². The maximum Gasteiger partial charge on any atom is 0.430 e. The number of hydrogen-bond acceptors (Lipinski definition) is 10. The van der Waals surface area contributed by atoms with E-state index >= 15 is 0 Å². The van der Waals surface area contributed by atoms with Gasteiger partial charge in [0.25, 0.3) is 0 Å². The average Bonchev–Trinajstić information content (AvgIpc) is 3.26. The molecule has 2 aliphatic rings. The molecule has 2 aromatic rings. The number of nitrogens with one attached hydrogen (secondary N) is 1. The van der Waals surface area contributed by atoms with Gasteiger partial charge in [-0.3, -0.25) is 14.1 Å². The number of carbonyl (C=O) groups excluding carboxylic acids is 3. The number of carboxylic acids is 1. The summed E-state index contributed by atoms with van der Waals surface area (Å²) in [6, 6.07) is 1.76. The highest BCUT2D eigenvalue weighted by molar-refractivity contribution is 5.96. The normalized spacial score (nSPS) is 16.4. The molecule has 0 atom stereocenters. The van der Waals surface area contributed by atoms with E-state index in [1.54, 1.807) is 12.3 Å². The molecule has 2 aliphatic heterocycles. The minimum atomic E-state index is -5.19. The zero-order valence-corrected chi connectivity index (χ0v) is 19.1. The Morgan fingerprint density at radius 3 is 2.33 bits per heavy atom. The summed E-state index contributed by atoms with van der Waals surface area (Å²) < 4.78 is 42.4. The molecule has 1 amide bonds. The van der Waals surface area contributed by atoms with E-state index in [0.29, 0.717) is 11.4 Å². The fraction of sp³-hybridized carbons (Fsp3) is 0.450. The number of cyclic esters (lactones) is 1. The van der Waals surface area contributed by atoms with E-state index in [1.165, 1.54) is 9.80 Å². The number of aromatic hydroxyl groups is 1. The summed E-state index contributed by atoms with van der Waals surface area (Å²) in [6.07, 6.45) is -4.19. The second-order valence-corrected chi connectivity index (χ2v) is 7.88. The number of carboxylic acid groups (broad SMARTS) is 1. The number of likely N-dealkylation sites (N-methyl/N-ethyl adjacent to an activating group) is 1. The number of ether oxygens (including phenoxy) is 2. The van der Waals surface area contributed by atoms with E-state index in [0.717, 1.165) is 37.7 Å². The Hall–Kier alpha value is -4.08. The number of hydrogen-bond donors (Lipinski definition) is 2. The summed E-state index contributed by atoms with van der Waals surface area (Å²) in [5.41, 5.74) is -0.198. The molecule has 2 fully saturated rings. The molecule has 36 heavy (non-hydrogen) atoms. The van der Waals surface area contributed by atoms with Crippen molar-refractivity contribution < 1.29 is 52.1 Å². The molecule has 0 aliphatic carbocycles. The molecule has 0 radical (unpaired) electrons. The number of esters is 1. The molecule has 13 nitrogen and oxygen atoms in total. The number of alkyl halides is 3. The molecule has 4 heterocycles. The summed E-state index contributed by atoms with van der Waals surface area (Å²) in [4.78, 5) is 54.8. The zero-order chi connectivity index (χ0) is 26.8. The van der Waals surface area contributed by atoms with Gasteiger partial charge in [0, 0.05) is 6.20 Å². The molecule has 0 unspecified atom stereocenters. The maximum absolute atomic E-state index is 12.8. The van der Waals surface area contributed by atoms with Crippen LogP contribution in [0, 0.1) is 0 Å². The predicted molar refractivity (Wildman–Crippen MR) is 113 cm³/mol. The molecule has 2 saturated heterocycles. The summed E-state index contributed by atoms with van der Waals surface area (Å²) >= 11 is 0. The van der Waals surface area contributed by atoms with Gasteiger partial charge in [0.15, 0.2) is 11.3 Å². The number of halogens is 3. The number of quaternary nitrogens is 1. The number of methoxy groups -OCH3 is 1. The number of aromatic nitrogens is 2. The van der Waals surface area contributed by atoms with E-state index in [4.69, 9.17) is 14.6 Å². The Balaban J connectivity index is 0.000000454. The number of amides is 1. The first-order valence-electron chi connectivity index (χ1n) is 10.5. The van der Waals surface area contributed by atoms with Gasteiger partial charge >= 0.3 is 23.8 Å². The van der Waals surface area contributed by atoms with Crippen LogP contribution in [-0.2, 0) is 14.3 Å². The quantitative estimate of drug-likeness (QED) is 0.427. The second-order valence-electron chi connectivity index (χ2n) is 7.88. The highest BCUT2D eigenvalue weighted by Gasteiger charge is 2.30. The van der Waals surface area contributed by atoms with Crippen LogP contribution in [0.3, 0.4) is 0 Å². The van der Waals surface area contributed by atoms with Crippen LogP contribution in [0.1, 0.15) is 10.5 Å². The lowest BCUT2D eigenvalue weighted by Gasteiger charge is -2.32. The predicted octanol–water partition coefficient (Wildman–Crippen LogP) is -2.22. The topological polar surface area (TPSA) is 158 Å². The lowest BCUT2D eigenvalue weighted by molar-refractivity contribution is -0.880. The van der Waals surface area contributed by atoms with Gasteiger partial charge in [0.05, 0.1) is 58.3 Å². The number of fused-ring (bicyclic) bond motifs is 1. The van der Waals surface area contributed by atoms with Crippen LogP contribution in [0.5, 0.6) is 5.75 Å². The van der Waals surface area contributed by atoms with Crippen molar-refractivity contribution in [3.63, 3.8) is 0 Å². The van der Waals surface area contributed by atoms with Crippen LogP contribution >= 0.6 is 0 Å². The molecule has 0 saturated carbocycles. The van der Waals surface area contributed by atoms with Crippen molar-refractivity contribution in [1.82, 2.24) is 9.38 Å². The third-order valence-corrected chi connectivity index (χ3v) is 5.51. The Labute approximate surface area is 200 Å². The third kappa shape index (κ3) is 5.42. The van der Waals surface area contributed by atoms with Gasteiger partial charge < -0.3 is 34.3 Å². The minimum absolute atomic E-state index is 0.0653. The molecule has 2 aromatic heterocycles. The molecular weight excluding hydrogens is 495 g/mol. The van der Waals surface area contributed by atoms with Crippen LogP contribution in [0.25, 0.3) is 5.65 Å². The number of piperazine rings is 1. The van der Waals surface area contributed by atoms with Crippen molar-refractivity contribution in [2.24, 2.45) is 0 Å².